The third kappa shape index (κ3) is 2.71. The van der Waals surface area contributed by atoms with Gasteiger partial charge in [0.2, 0.25) is 0 Å². The summed E-state index contributed by atoms with van der Waals surface area (Å²) < 4.78 is 1.22. The van der Waals surface area contributed by atoms with Crippen LogP contribution in [0, 0.1) is 30.9 Å². The van der Waals surface area contributed by atoms with Gasteiger partial charge in [0.1, 0.15) is 10.7 Å². The second-order valence-electron chi connectivity index (χ2n) is 5.34. The van der Waals surface area contributed by atoms with Crippen LogP contribution in [0.4, 0.5) is 5.69 Å². The minimum atomic E-state index is -0.472. The Labute approximate surface area is 141 Å². The fraction of sp³-hybridized carbons (Fsp3) is 0.188. The molecule has 8 heteroatoms. The zero-order valence-electron chi connectivity index (χ0n) is 13.3. The van der Waals surface area contributed by atoms with Crippen molar-refractivity contribution in [3.63, 3.8) is 0 Å². The summed E-state index contributed by atoms with van der Waals surface area (Å²) in [6.07, 6.45) is 1.42. The van der Waals surface area contributed by atoms with Crippen LogP contribution in [-0.2, 0) is 0 Å². The van der Waals surface area contributed by atoms with Crippen molar-refractivity contribution in [3.05, 3.63) is 66.6 Å². The average molecular weight is 342 g/mol. The van der Waals surface area contributed by atoms with Gasteiger partial charge in [0, 0.05) is 22.6 Å². The van der Waals surface area contributed by atoms with Gasteiger partial charge in [0.25, 0.3) is 11.2 Å². The third-order valence-corrected chi connectivity index (χ3v) is 4.85. The molecule has 3 rings (SSSR count). The van der Waals surface area contributed by atoms with Gasteiger partial charge in [-0.05, 0) is 26.3 Å². The van der Waals surface area contributed by atoms with Crippen LogP contribution in [0.2, 0.25) is 0 Å². The van der Waals surface area contributed by atoms with E-state index >= 15 is 0 Å². The van der Waals surface area contributed by atoms with Crippen molar-refractivity contribution in [2.75, 3.05) is 0 Å². The molecule has 0 aliphatic heterocycles. The normalized spacial score (nSPS) is 11.5. The van der Waals surface area contributed by atoms with Crippen LogP contribution in [0.3, 0.4) is 0 Å². The quantitative estimate of drug-likeness (QED) is 0.415. The number of rotatable bonds is 3. The summed E-state index contributed by atoms with van der Waals surface area (Å²) in [7, 11) is 0. The number of aryl methyl sites for hydroxylation is 3. The number of nitro benzene ring substituents is 1. The Balaban J connectivity index is 2.10. The van der Waals surface area contributed by atoms with Crippen molar-refractivity contribution in [2.24, 2.45) is 5.10 Å². The third-order valence-electron chi connectivity index (χ3n) is 3.75. The number of fused-ring (bicyclic) bond motifs is 1. The molecule has 122 valence electrons. The van der Waals surface area contributed by atoms with Crippen LogP contribution in [-0.4, -0.2) is 20.8 Å². The fourth-order valence-electron chi connectivity index (χ4n) is 2.37. The molecule has 0 aliphatic carbocycles. The van der Waals surface area contributed by atoms with Crippen molar-refractivity contribution in [1.82, 2.24) is 9.66 Å². The Morgan fingerprint density at radius 1 is 1.33 bits per heavy atom. The highest BCUT2D eigenvalue weighted by Crippen LogP contribution is 2.26. The SMILES string of the molecule is Cc1sc2nc(C)n(/N=C\c3cccc([N+](=O)[O-])c3)c(=O)c2c1C. The summed E-state index contributed by atoms with van der Waals surface area (Å²) in [4.78, 5) is 29.2. The van der Waals surface area contributed by atoms with E-state index in [0.717, 1.165) is 10.4 Å². The van der Waals surface area contributed by atoms with E-state index in [2.05, 4.69) is 10.1 Å². The van der Waals surface area contributed by atoms with Gasteiger partial charge in [-0.15, -0.1) is 11.3 Å². The second kappa shape index (κ2) is 5.97. The molecular weight excluding hydrogens is 328 g/mol. The first-order chi connectivity index (χ1) is 11.4. The highest BCUT2D eigenvalue weighted by molar-refractivity contribution is 7.18. The minimum Gasteiger partial charge on any atom is -0.267 e. The Morgan fingerprint density at radius 3 is 2.79 bits per heavy atom. The fourth-order valence-corrected chi connectivity index (χ4v) is 3.43. The van der Waals surface area contributed by atoms with E-state index in [0.29, 0.717) is 21.6 Å². The number of nitrogens with zero attached hydrogens (tertiary/aromatic N) is 4. The van der Waals surface area contributed by atoms with Crippen molar-refractivity contribution in [2.45, 2.75) is 20.8 Å². The lowest BCUT2D eigenvalue weighted by molar-refractivity contribution is -0.384. The van der Waals surface area contributed by atoms with E-state index in [4.69, 9.17) is 0 Å². The monoisotopic (exact) mass is 342 g/mol. The van der Waals surface area contributed by atoms with E-state index in [1.165, 1.54) is 34.4 Å². The van der Waals surface area contributed by atoms with Gasteiger partial charge in [-0.1, -0.05) is 12.1 Å². The molecule has 7 nitrogen and oxygen atoms in total. The van der Waals surface area contributed by atoms with Gasteiger partial charge in [-0.2, -0.15) is 9.78 Å². The van der Waals surface area contributed by atoms with E-state index in [1.807, 2.05) is 13.8 Å². The largest absolute Gasteiger partial charge is 0.283 e. The number of nitro groups is 1. The number of hydrogen-bond donors (Lipinski definition) is 0. The van der Waals surface area contributed by atoms with Crippen molar-refractivity contribution in [3.8, 4) is 0 Å². The van der Waals surface area contributed by atoms with Gasteiger partial charge in [0.05, 0.1) is 16.5 Å². The van der Waals surface area contributed by atoms with Crippen molar-refractivity contribution < 1.29 is 4.92 Å². The Kier molecular flexibility index (Phi) is 3.98. The molecule has 0 atom stereocenters. The summed E-state index contributed by atoms with van der Waals surface area (Å²) in [5, 5.41) is 15.6. The van der Waals surface area contributed by atoms with Crippen molar-refractivity contribution in [1.29, 1.82) is 0 Å². The molecule has 3 aromatic rings. The van der Waals surface area contributed by atoms with Crippen LogP contribution < -0.4 is 5.56 Å². The molecule has 0 unspecified atom stereocenters. The summed E-state index contributed by atoms with van der Waals surface area (Å²) in [5.41, 5.74) is 1.18. The smallest absolute Gasteiger partial charge is 0.267 e. The topological polar surface area (TPSA) is 90.4 Å². The Bertz CT molecular complexity index is 1050. The molecule has 2 heterocycles. The first-order valence-corrected chi connectivity index (χ1v) is 7.98. The highest BCUT2D eigenvalue weighted by atomic mass is 32.1. The van der Waals surface area contributed by atoms with Crippen LogP contribution in [0.5, 0.6) is 0 Å². The predicted octanol–water partition coefficient (Wildman–Crippen LogP) is 3.17. The summed E-state index contributed by atoms with van der Waals surface area (Å²) in [6, 6.07) is 6.06. The van der Waals surface area contributed by atoms with Crippen molar-refractivity contribution >= 4 is 33.5 Å². The molecule has 0 radical (unpaired) electrons. The molecule has 0 saturated carbocycles. The standard InChI is InChI=1S/C16H14N4O3S/c1-9-10(2)24-15-14(9)16(21)19(11(3)18-15)17-8-12-5-4-6-13(7-12)20(22)23/h4-8H,1-3H3/b17-8-. The first kappa shape index (κ1) is 16.0. The van der Waals surface area contributed by atoms with Crippen LogP contribution in [0.1, 0.15) is 21.8 Å². The van der Waals surface area contributed by atoms with Crippen LogP contribution in [0.25, 0.3) is 10.2 Å². The molecular formula is C16H14N4O3S. The maximum Gasteiger partial charge on any atom is 0.283 e. The first-order valence-electron chi connectivity index (χ1n) is 7.16. The molecule has 24 heavy (non-hydrogen) atoms. The number of benzene rings is 1. The maximum atomic E-state index is 12.7. The summed E-state index contributed by atoms with van der Waals surface area (Å²) in [5.74, 6) is 0.468. The Morgan fingerprint density at radius 2 is 2.08 bits per heavy atom. The molecule has 0 N–H and O–H groups in total. The van der Waals surface area contributed by atoms with Gasteiger partial charge < -0.3 is 0 Å². The zero-order chi connectivity index (χ0) is 17.4. The number of hydrogen-bond acceptors (Lipinski definition) is 6. The lowest BCUT2D eigenvalue weighted by atomic mass is 10.2. The van der Waals surface area contributed by atoms with E-state index in [-0.39, 0.29) is 11.2 Å². The van der Waals surface area contributed by atoms with E-state index < -0.39 is 4.92 Å². The number of aromatic nitrogens is 2. The minimum absolute atomic E-state index is 0.0269. The zero-order valence-corrected chi connectivity index (χ0v) is 14.1. The Hall–Kier alpha value is -2.87. The average Bonchev–Trinajstić information content (AvgIpc) is 2.81. The lowest BCUT2D eigenvalue weighted by Crippen LogP contribution is -2.20. The van der Waals surface area contributed by atoms with E-state index in [9.17, 15) is 14.9 Å². The second-order valence-corrected chi connectivity index (χ2v) is 6.54. The molecule has 0 bridgehead atoms. The molecule has 2 aromatic heterocycles. The molecule has 0 amide bonds. The summed E-state index contributed by atoms with van der Waals surface area (Å²) >= 11 is 1.48. The maximum absolute atomic E-state index is 12.7. The highest BCUT2D eigenvalue weighted by Gasteiger charge is 2.14. The van der Waals surface area contributed by atoms with Gasteiger partial charge in [0.15, 0.2) is 0 Å². The lowest BCUT2D eigenvalue weighted by Gasteiger charge is -2.03. The molecule has 1 aromatic carbocycles. The number of thiophene rings is 1. The number of non-ortho nitro benzene ring substituents is 1. The van der Waals surface area contributed by atoms with E-state index in [1.54, 1.807) is 19.1 Å². The van der Waals surface area contributed by atoms with Crippen LogP contribution >= 0.6 is 11.3 Å². The van der Waals surface area contributed by atoms with Crippen LogP contribution in [0.15, 0.2) is 34.2 Å². The molecule has 0 spiro atoms. The molecule has 0 fully saturated rings. The predicted molar refractivity (Wildman–Crippen MR) is 94.2 cm³/mol. The molecule has 0 saturated heterocycles. The molecule has 0 aliphatic rings. The van der Waals surface area contributed by atoms with Gasteiger partial charge in [-0.25, -0.2) is 4.98 Å². The van der Waals surface area contributed by atoms with Gasteiger partial charge in [-0.3, -0.25) is 14.9 Å². The van der Waals surface area contributed by atoms with Gasteiger partial charge >= 0.3 is 0 Å². The summed E-state index contributed by atoms with van der Waals surface area (Å²) in [6.45, 7) is 5.55.